The SMILES string of the molecule is CN1CCOCC1.Cc1nc(C(C)NC(=O)c2cc(C(F)(F)F)cc(C(F)(F)F)c2)n(-c2ccc(C=O)cn2)n1. The Hall–Kier alpha value is -3.85. The molecule has 3 heterocycles. The smallest absolute Gasteiger partial charge is 0.379 e. The van der Waals surface area contributed by atoms with E-state index in [-0.39, 0.29) is 23.5 Å². The second kappa shape index (κ2) is 12.6. The molecule has 0 bridgehead atoms. The normalized spacial score (nSPS) is 15.1. The van der Waals surface area contributed by atoms with Gasteiger partial charge in [0.1, 0.15) is 5.82 Å². The first-order valence-corrected chi connectivity index (χ1v) is 11.9. The van der Waals surface area contributed by atoms with Gasteiger partial charge in [0.25, 0.3) is 5.91 Å². The summed E-state index contributed by atoms with van der Waals surface area (Å²) in [5.41, 5.74) is -3.73. The summed E-state index contributed by atoms with van der Waals surface area (Å²) < 4.78 is 84.8. The number of halogens is 6. The van der Waals surface area contributed by atoms with E-state index in [1.807, 2.05) is 0 Å². The second-order valence-electron chi connectivity index (χ2n) is 8.90. The number of nitrogens with one attached hydrogen (secondary N) is 1. The fourth-order valence-electron chi connectivity index (χ4n) is 3.56. The number of pyridine rings is 1. The monoisotopic (exact) mass is 572 g/mol. The van der Waals surface area contributed by atoms with Crippen molar-refractivity contribution < 1.29 is 40.7 Å². The molecule has 1 amide bonds. The summed E-state index contributed by atoms with van der Waals surface area (Å²) in [6, 6.07) is 2.56. The van der Waals surface area contributed by atoms with Crippen molar-refractivity contribution in [1.82, 2.24) is 30.0 Å². The number of alkyl halides is 6. The van der Waals surface area contributed by atoms with Crippen LogP contribution in [0.2, 0.25) is 0 Å². The minimum Gasteiger partial charge on any atom is -0.379 e. The highest BCUT2D eigenvalue weighted by Gasteiger charge is 2.37. The number of amides is 1. The highest BCUT2D eigenvalue weighted by Crippen LogP contribution is 2.36. The van der Waals surface area contributed by atoms with Crippen LogP contribution in [-0.2, 0) is 17.1 Å². The lowest BCUT2D eigenvalue weighted by atomic mass is 10.0. The minimum atomic E-state index is -5.08. The number of hydrogen-bond acceptors (Lipinski definition) is 7. The van der Waals surface area contributed by atoms with Crippen LogP contribution in [0.5, 0.6) is 0 Å². The Balaban J connectivity index is 0.000000547. The van der Waals surface area contributed by atoms with Crippen molar-refractivity contribution in [3.05, 3.63) is 70.4 Å². The number of hydrogen-bond donors (Lipinski definition) is 1. The zero-order valence-corrected chi connectivity index (χ0v) is 21.7. The number of aryl methyl sites for hydroxylation is 1. The van der Waals surface area contributed by atoms with Gasteiger partial charge in [-0.1, -0.05) is 0 Å². The number of rotatable bonds is 5. The van der Waals surface area contributed by atoms with Gasteiger partial charge in [-0.05, 0) is 51.2 Å². The first-order valence-electron chi connectivity index (χ1n) is 11.9. The third kappa shape index (κ3) is 8.08. The first-order chi connectivity index (χ1) is 18.7. The summed E-state index contributed by atoms with van der Waals surface area (Å²) in [5, 5.41) is 6.47. The van der Waals surface area contributed by atoms with Gasteiger partial charge in [-0.25, -0.2) is 9.97 Å². The predicted octanol–water partition coefficient (Wildman–Crippen LogP) is 4.26. The molecule has 216 valence electrons. The summed E-state index contributed by atoms with van der Waals surface area (Å²) in [5.74, 6) is -0.549. The average Bonchev–Trinajstić information content (AvgIpc) is 3.30. The van der Waals surface area contributed by atoms with E-state index in [0.717, 1.165) is 26.3 Å². The topological polar surface area (TPSA) is 102 Å². The highest BCUT2D eigenvalue weighted by molar-refractivity contribution is 5.94. The average molecular weight is 573 g/mol. The minimum absolute atomic E-state index is 0.0607. The van der Waals surface area contributed by atoms with Crippen LogP contribution < -0.4 is 5.32 Å². The Morgan fingerprint density at radius 2 is 1.65 bits per heavy atom. The first kappa shape index (κ1) is 30.7. The Kier molecular flexibility index (Phi) is 9.63. The number of ether oxygens (including phenoxy) is 1. The lowest BCUT2D eigenvalue weighted by Gasteiger charge is -2.21. The number of benzene rings is 1. The summed E-state index contributed by atoms with van der Waals surface area (Å²) in [4.78, 5) is 33.8. The molecule has 1 fully saturated rings. The predicted molar refractivity (Wildman–Crippen MR) is 130 cm³/mol. The molecule has 0 saturated carbocycles. The van der Waals surface area contributed by atoms with E-state index >= 15 is 0 Å². The van der Waals surface area contributed by atoms with Crippen LogP contribution in [0.3, 0.4) is 0 Å². The molecule has 1 atom stereocenters. The largest absolute Gasteiger partial charge is 0.416 e. The van der Waals surface area contributed by atoms with Gasteiger partial charge in [0.15, 0.2) is 17.9 Å². The molecule has 0 spiro atoms. The maximum Gasteiger partial charge on any atom is 0.416 e. The highest BCUT2D eigenvalue weighted by atomic mass is 19.4. The number of nitrogens with zero attached hydrogens (tertiary/aromatic N) is 5. The van der Waals surface area contributed by atoms with E-state index in [2.05, 4.69) is 32.3 Å². The van der Waals surface area contributed by atoms with Crippen molar-refractivity contribution >= 4 is 12.2 Å². The maximum absolute atomic E-state index is 13.1. The van der Waals surface area contributed by atoms with E-state index in [1.165, 1.54) is 36.9 Å². The van der Waals surface area contributed by atoms with Gasteiger partial charge in [0.05, 0.1) is 30.4 Å². The van der Waals surface area contributed by atoms with Crippen molar-refractivity contribution in [2.24, 2.45) is 0 Å². The van der Waals surface area contributed by atoms with Gasteiger partial charge in [-0.3, -0.25) is 9.59 Å². The van der Waals surface area contributed by atoms with Crippen LogP contribution in [0, 0.1) is 6.92 Å². The van der Waals surface area contributed by atoms with Gasteiger partial charge in [-0.2, -0.15) is 31.0 Å². The molecule has 1 unspecified atom stereocenters. The van der Waals surface area contributed by atoms with Gasteiger partial charge in [0, 0.05) is 30.4 Å². The summed E-state index contributed by atoms with van der Waals surface area (Å²) in [6.07, 6.45) is -8.32. The molecule has 15 heteroatoms. The van der Waals surface area contributed by atoms with E-state index in [1.54, 1.807) is 0 Å². The number of carbonyl (C=O) groups excluding carboxylic acids is 2. The van der Waals surface area contributed by atoms with Crippen molar-refractivity contribution in [2.45, 2.75) is 32.2 Å². The molecule has 0 aliphatic carbocycles. The van der Waals surface area contributed by atoms with E-state index in [0.29, 0.717) is 24.0 Å². The van der Waals surface area contributed by atoms with Gasteiger partial charge < -0.3 is 15.0 Å². The standard InChI is InChI=1S/C20H15F6N5O2.C5H11NO/c1-10(17-29-11(2)30-31(17)16-4-3-12(9-32)8-27-16)28-18(33)13-5-14(19(21,22)23)7-15(6-13)20(24,25)26;1-6-2-4-7-5-3-6/h3-10H,1-2H3,(H,28,33);2-5H2,1H3. The molecular formula is C25H26F6N6O3. The third-order valence-corrected chi connectivity index (χ3v) is 5.68. The van der Waals surface area contributed by atoms with Gasteiger partial charge >= 0.3 is 12.4 Å². The summed E-state index contributed by atoms with van der Waals surface area (Å²) >= 11 is 0. The lowest BCUT2D eigenvalue weighted by Crippen LogP contribution is -2.32. The van der Waals surface area contributed by atoms with Crippen LogP contribution in [0.4, 0.5) is 26.3 Å². The molecular weight excluding hydrogens is 546 g/mol. The molecule has 0 radical (unpaired) electrons. The van der Waals surface area contributed by atoms with Crippen LogP contribution in [0.1, 0.15) is 56.5 Å². The fraction of sp³-hybridized carbons (Fsp3) is 0.400. The second-order valence-corrected chi connectivity index (χ2v) is 8.90. The van der Waals surface area contributed by atoms with Crippen LogP contribution in [0.25, 0.3) is 5.82 Å². The Morgan fingerprint density at radius 3 is 2.10 bits per heavy atom. The van der Waals surface area contributed by atoms with E-state index in [9.17, 15) is 35.9 Å². The van der Waals surface area contributed by atoms with E-state index in [4.69, 9.17) is 4.74 Å². The number of morpholine rings is 1. The summed E-state index contributed by atoms with van der Waals surface area (Å²) in [6.45, 7) is 6.99. The number of aldehydes is 1. The number of aromatic nitrogens is 4. The molecule has 1 aromatic carbocycles. The number of carbonyl (C=O) groups is 2. The van der Waals surface area contributed by atoms with Crippen LogP contribution in [0.15, 0.2) is 36.5 Å². The Labute approximate surface area is 225 Å². The number of likely N-dealkylation sites (N-methyl/N-ethyl adjacent to an activating group) is 1. The molecule has 1 saturated heterocycles. The lowest BCUT2D eigenvalue weighted by molar-refractivity contribution is -0.143. The Bertz CT molecular complexity index is 1290. The molecule has 4 rings (SSSR count). The maximum atomic E-state index is 13.1. The fourth-order valence-corrected chi connectivity index (χ4v) is 3.56. The van der Waals surface area contributed by atoms with Crippen molar-refractivity contribution in [3.63, 3.8) is 0 Å². The molecule has 2 aromatic heterocycles. The zero-order valence-electron chi connectivity index (χ0n) is 21.7. The Morgan fingerprint density at radius 1 is 1.05 bits per heavy atom. The zero-order chi connectivity index (χ0) is 29.7. The molecule has 9 nitrogen and oxygen atoms in total. The molecule has 1 aliphatic rings. The van der Waals surface area contributed by atoms with Gasteiger partial charge in [0.2, 0.25) is 0 Å². The summed E-state index contributed by atoms with van der Waals surface area (Å²) in [7, 11) is 2.11. The molecule has 1 aliphatic heterocycles. The van der Waals surface area contributed by atoms with Crippen LogP contribution >= 0.6 is 0 Å². The van der Waals surface area contributed by atoms with Crippen molar-refractivity contribution in [2.75, 3.05) is 33.4 Å². The molecule has 1 N–H and O–H groups in total. The molecule has 3 aromatic rings. The van der Waals surface area contributed by atoms with E-state index < -0.39 is 41.0 Å². The van der Waals surface area contributed by atoms with Gasteiger partial charge in [-0.15, -0.1) is 5.10 Å². The van der Waals surface area contributed by atoms with Crippen molar-refractivity contribution in [3.8, 4) is 5.82 Å². The third-order valence-electron chi connectivity index (χ3n) is 5.68. The van der Waals surface area contributed by atoms with Crippen LogP contribution in [-0.4, -0.2) is 70.2 Å². The quantitative estimate of drug-likeness (QED) is 0.360. The molecule has 40 heavy (non-hydrogen) atoms. The van der Waals surface area contributed by atoms with Crippen molar-refractivity contribution in [1.29, 1.82) is 0 Å².